The molecule has 1 aromatic heterocycles. The van der Waals surface area contributed by atoms with Crippen LogP contribution in [-0.4, -0.2) is 11.9 Å². The van der Waals surface area contributed by atoms with Crippen LogP contribution >= 0.6 is 11.3 Å². The largest absolute Gasteiger partial charge is 0.457 e. The number of ether oxygens (including phenoxy) is 2. The molecule has 0 bridgehead atoms. The monoisotopic (exact) mass is 342 g/mol. The minimum atomic E-state index is -0.444. The van der Waals surface area contributed by atoms with Gasteiger partial charge in [-0.05, 0) is 55.8 Å². The Hall–Kier alpha value is -2.66. The second-order valence-corrected chi connectivity index (χ2v) is 6.48. The fourth-order valence-electron chi connectivity index (χ4n) is 1.75. The molecule has 24 heavy (non-hydrogen) atoms. The average molecular weight is 342 g/mol. The highest BCUT2D eigenvalue weighted by Gasteiger charge is 2.08. The van der Waals surface area contributed by atoms with Crippen molar-refractivity contribution in [2.45, 2.75) is 20.5 Å². The highest BCUT2D eigenvalue weighted by molar-refractivity contribution is 7.15. The number of hydrogen-bond acceptors (Lipinski definition) is 5. The van der Waals surface area contributed by atoms with Gasteiger partial charge in [-0.15, -0.1) is 11.3 Å². The zero-order chi connectivity index (χ0) is 17.7. The number of thiophene rings is 1. The smallest absolute Gasteiger partial charge is 0.338 e. The van der Waals surface area contributed by atoms with Crippen molar-refractivity contribution in [3.63, 3.8) is 0 Å². The van der Waals surface area contributed by atoms with Crippen molar-refractivity contribution in [1.82, 2.24) is 0 Å². The van der Waals surface area contributed by atoms with Crippen LogP contribution in [0.3, 0.4) is 0 Å². The van der Waals surface area contributed by atoms with E-state index < -0.39 is 11.9 Å². The van der Waals surface area contributed by atoms with E-state index >= 15 is 0 Å². The molecule has 0 fully saturated rings. The van der Waals surface area contributed by atoms with Crippen LogP contribution in [0.15, 0.2) is 60.7 Å². The molecule has 0 saturated carbocycles. The van der Waals surface area contributed by atoms with E-state index in [2.05, 4.69) is 13.2 Å². The lowest BCUT2D eigenvalue weighted by molar-refractivity contribution is -0.140. The van der Waals surface area contributed by atoms with Gasteiger partial charge in [0.05, 0.1) is 0 Å². The number of esters is 2. The zero-order valence-corrected chi connectivity index (χ0v) is 14.4. The predicted octanol–water partition coefficient (Wildman–Crippen LogP) is 4.52. The maximum atomic E-state index is 11.5. The number of benzene rings is 1. The molecule has 0 aliphatic carbocycles. The molecular formula is C19H18O4S. The molecule has 0 N–H and O–H groups in total. The molecule has 0 unspecified atom stereocenters. The Balaban J connectivity index is 2.02. The topological polar surface area (TPSA) is 52.6 Å². The van der Waals surface area contributed by atoms with Crippen molar-refractivity contribution in [1.29, 1.82) is 0 Å². The van der Waals surface area contributed by atoms with Gasteiger partial charge in [-0.25, -0.2) is 9.59 Å². The minimum Gasteiger partial charge on any atom is -0.457 e. The molecular weight excluding hydrogens is 324 g/mol. The summed E-state index contributed by atoms with van der Waals surface area (Å²) in [6.07, 6.45) is 0. The molecule has 0 aliphatic rings. The number of hydrogen-bond donors (Lipinski definition) is 0. The van der Waals surface area contributed by atoms with Gasteiger partial charge < -0.3 is 9.47 Å². The van der Waals surface area contributed by atoms with Crippen LogP contribution in [0.5, 0.6) is 5.75 Å². The number of carbonyl (C=O) groups is 2. The third-order valence-electron chi connectivity index (χ3n) is 3.05. The van der Waals surface area contributed by atoms with Crippen LogP contribution in [-0.2, 0) is 20.9 Å². The quantitative estimate of drug-likeness (QED) is 0.440. The molecule has 0 amide bonds. The van der Waals surface area contributed by atoms with Gasteiger partial charge in [-0.3, -0.25) is 0 Å². The molecule has 1 aromatic carbocycles. The predicted molar refractivity (Wildman–Crippen MR) is 94.8 cm³/mol. The van der Waals surface area contributed by atoms with Crippen LogP contribution in [0.25, 0.3) is 10.4 Å². The van der Waals surface area contributed by atoms with E-state index in [4.69, 9.17) is 9.47 Å². The first-order valence-corrected chi connectivity index (χ1v) is 8.08. The normalized spacial score (nSPS) is 10.1. The molecule has 0 atom stereocenters. The Labute approximate surface area is 145 Å². The Morgan fingerprint density at radius 1 is 0.958 bits per heavy atom. The van der Waals surface area contributed by atoms with Gasteiger partial charge in [0.1, 0.15) is 12.4 Å². The summed E-state index contributed by atoms with van der Waals surface area (Å²) in [5.41, 5.74) is 1.73. The number of carbonyl (C=O) groups excluding carboxylic acids is 2. The lowest BCUT2D eigenvalue weighted by Gasteiger charge is -2.04. The standard InChI is InChI=1S/C19H18O4S/c1-12(2)18(20)22-11-16-9-10-17(24-16)14-5-7-15(8-6-14)23-19(21)13(3)4/h5-10H,1,3,11H2,2,4H3. The summed E-state index contributed by atoms with van der Waals surface area (Å²) in [4.78, 5) is 24.9. The lowest BCUT2D eigenvalue weighted by atomic mass is 10.2. The Kier molecular flexibility index (Phi) is 5.71. The molecule has 2 rings (SSSR count). The van der Waals surface area contributed by atoms with Gasteiger partial charge in [-0.2, -0.15) is 0 Å². The Morgan fingerprint density at radius 3 is 2.17 bits per heavy atom. The summed E-state index contributed by atoms with van der Waals surface area (Å²) in [5, 5.41) is 0. The fraction of sp³-hybridized carbons (Fsp3) is 0.158. The molecule has 0 radical (unpaired) electrons. The summed E-state index contributed by atoms with van der Waals surface area (Å²) in [5.74, 6) is -0.368. The van der Waals surface area contributed by atoms with Crippen LogP contribution in [0, 0.1) is 0 Å². The van der Waals surface area contributed by atoms with Crippen LogP contribution in [0.2, 0.25) is 0 Å². The first kappa shape index (κ1) is 17.7. The summed E-state index contributed by atoms with van der Waals surface area (Å²) in [7, 11) is 0. The second-order valence-electron chi connectivity index (χ2n) is 5.32. The second kappa shape index (κ2) is 7.75. The van der Waals surface area contributed by atoms with E-state index in [1.807, 2.05) is 24.3 Å². The van der Waals surface area contributed by atoms with E-state index in [-0.39, 0.29) is 6.61 Å². The van der Waals surface area contributed by atoms with E-state index in [1.54, 1.807) is 26.0 Å². The average Bonchev–Trinajstić information content (AvgIpc) is 3.02. The van der Waals surface area contributed by atoms with E-state index in [9.17, 15) is 9.59 Å². The highest BCUT2D eigenvalue weighted by Crippen LogP contribution is 2.30. The van der Waals surface area contributed by atoms with Crippen molar-refractivity contribution >= 4 is 23.3 Å². The summed E-state index contributed by atoms with van der Waals surface area (Å²) in [6.45, 7) is 10.5. The third-order valence-corrected chi connectivity index (χ3v) is 4.16. The van der Waals surface area contributed by atoms with Crippen LogP contribution in [0.4, 0.5) is 0 Å². The highest BCUT2D eigenvalue weighted by atomic mass is 32.1. The van der Waals surface area contributed by atoms with Gasteiger partial charge in [0.25, 0.3) is 0 Å². The Morgan fingerprint density at radius 2 is 1.58 bits per heavy atom. The molecule has 2 aromatic rings. The van der Waals surface area contributed by atoms with Crippen molar-refractivity contribution in [2.24, 2.45) is 0 Å². The first-order chi connectivity index (χ1) is 11.4. The fourth-order valence-corrected chi connectivity index (χ4v) is 2.68. The Bertz CT molecular complexity index is 784. The summed E-state index contributed by atoms with van der Waals surface area (Å²) in [6, 6.07) is 11.1. The molecule has 124 valence electrons. The third kappa shape index (κ3) is 4.67. The zero-order valence-electron chi connectivity index (χ0n) is 13.6. The SMILES string of the molecule is C=C(C)C(=O)OCc1ccc(-c2ccc(OC(=O)C(=C)C)cc2)s1. The maximum Gasteiger partial charge on any atom is 0.338 e. The van der Waals surface area contributed by atoms with Gasteiger partial charge in [0.2, 0.25) is 0 Å². The molecule has 0 saturated heterocycles. The minimum absolute atomic E-state index is 0.227. The molecule has 4 nitrogen and oxygen atoms in total. The van der Waals surface area contributed by atoms with Crippen LogP contribution in [0.1, 0.15) is 18.7 Å². The van der Waals surface area contributed by atoms with E-state index in [0.717, 1.165) is 15.3 Å². The van der Waals surface area contributed by atoms with Crippen molar-refractivity contribution in [3.05, 3.63) is 65.6 Å². The van der Waals surface area contributed by atoms with Gasteiger partial charge in [-0.1, -0.05) is 13.2 Å². The first-order valence-electron chi connectivity index (χ1n) is 7.26. The molecule has 0 aliphatic heterocycles. The molecule has 1 heterocycles. The van der Waals surface area contributed by atoms with Crippen LogP contribution < -0.4 is 4.74 Å². The van der Waals surface area contributed by atoms with E-state index in [0.29, 0.717) is 16.9 Å². The molecule has 5 heteroatoms. The lowest BCUT2D eigenvalue weighted by Crippen LogP contribution is -2.07. The van der Waals surface area contributed by atoms with Gasteiger partial charge >= 0.3 is 11.9 Å². The van der Waals surface area contributed by atoms with Crippen molar-refractivity contribution in [3.8, 4) is 16.2 Å². The summed E-state index contributed by atoms with van der Waals surface area (Å²) < 4.78 is 10.3. The van der Waals surface area contributed by atoms with Crippen molar-refractivity contribution < 1.29 is 19.1 Å². The number of rotatable bonds is 6. The van der Waals surface area contributed by atoms with Gasteiger partial charge in [0.15, 0.2) is 0 Å². The van der Waals surface area contributed by atoms with Gasteiger partial charge in [0, 0.05) is 20.9 Å². The van der Waals surface area contributed by atoms with Crippen molar-refractivity contribution in [2.75, 3.05) is 0 Å². The summed E-state index contributed by atoms with van der Waals surface area (Å²) >= 11 is 1.54. The van der Waals surface area contributed by atoms with E-state index in [1.165, 1.54) is 11.3 Å². The maximum absolute atomic E-state index is 11.5. The molecule has 0 spiro atoms.